The van der Waals surface area contributed by atoms with Gasteiger partial charge in [-0.05, 0) is 33.4 Å². The number of alkyl carbamates (subject to hydrolysis) is 1. The van der Waals surface area contributed by atoms with E-state index in [4.69, 9.17) is 14.2 Å². The summed E-state index contributed by atoms with van der Waals surface area (Å²) in [6.45, 7) is 0.0971. The first-order valence-electron chi connectivity index (χ1n) is 17.4. The summed E-state index contributed by atoms with van der Waals surface area (Å²) < 4.78 is 20.3. The molecule has 53 heavy (non-hydrogen) atoms. The van der Waals surface area contributed by atoms with Gasteiger partial charge in [0.15, 0.2) is 11.4 Å². The molecule has 2 saturated heterocycles. The molecule has 0 saturated carbocycles. The van der Waals surface area contributed by atoms with Gasteiger partial charge in [0.05, 0.1) is 31.8 Å². The van der Waals surface area contributed by atoms with E-state index in [-0.39, 0.29) is 44.3 Å². The van der Waals surface area contributed by atoms with Crippen molar-refractivity contribution in [1.82, 2.24) is 19.8 Å². The van der Waals surface area contributed by atoms with E-state index in [2.05, 4.69) is 10.3 Å². The molecule has 2 fully saturated rings. The normalized spacial score (nSPS) is 20.1. The van der Waals surface area contributed by atoms with E-state index in [1.807, 2.05) is 121 Å². The van der Waals surface area contributed by atoms with E-state index in [1.165, 1.54) is 4.90 Å². The molecular weight excluding hydrogens is 693 g/mol. The van der Waals surface area contributed by atoms with Crippen molar-refractivity contribution in [2.75, 3.05) is 5.75 Å². The van der Waals surface area contributed by atoms with E-state index >= 15 is 0 Å². The number of rotatable bonds is 12. The number of aliphatic hydroxyl groups excluding tert-OH is 1. The zero-order chi connectivity index (χ0) is 36.7. The summed E-state index contributed by atoms with van der Waals surface area (Å²) in [4.78, 5) is 44.4. The minimum atomic E-state index is -0.991. The Labute approximate surface area is 311 Å². The average Bonchev–Trinajstić information content (AvgIpc) is 3.73. The Morgan fingerprint density at radius 1 is 0.925 bits per heavy atom. The highest BCUT2D eigenvalue weighted by atomic mass is 32.2. The Hall–Kier alpha value is -5.27. The van der Waals surface area contributed by atoms with Crippen LogP contribution in [0.25, 0.3) is 11.1 Å². The van der Waals surface area contributed by atoms with Gasteiger partial charge in [-0.15, -0.1) is 0 Å². The maximum Gasteiger partial charge on any atom is 0.408 e. The molecule has 7 rings (SSSR count). The Morgan fingerprint density at radius 3 is 2.40 bits per heavy atom. The predicted octanol–water partition coefficient (Wildman–Crippen LogP) is 6.47. The van der Waals surface area contributed by atoms with Crippen LogP contribution in [0.2, 0.25) is 0 Å². The molecule has 4 atom stereocenters. The molecular formula is C41H40N4O7S. The first-order valence-corrected chi connectivity index (χ1v) is 18.4. The SMILES string of the molecule is Cn1ccnc1SC[C@@H]1C[C@H](c2ccc(CO)cc2)O[C@H](c2ccc(-c3ccccc3CN3C(=O)CC(NC(=O)OCc4ccccc4)C3=O)cc2)O1. The smallest absolute Gasteiger partial charge is 0.408 e. The molecule has 1 unspecified atom stereocenters. The number of likely N-dealkylation sites (tertiary alicyclic amines) is 1. The highest BCUT2D eigenvalue weighted by molar-refractivity contribution is 7.99. The van der Waals surface area contributed by atoms with Gasteiger partial charge in [-0.3, -0.25) is 14.5 Å². The molecule has 1 aromatic heterocycles. The van der Waals surface area contributed by atoms with Crippen LogP contribution in [0.5, 0.6) is 0 Å². The third-order valence-electron chi connectivity index (χ3n) is 9.38. The molecule has 0 bridgehead atoms. The van der Waals surface area contributed by atoms with Crippen molar-refractivity contribution in [3.05, 3.63) is 143 Å². The van der Waals surface area contributed by atoms with E-state index in [0.717, 1.165) is 44.1 Å². The Morgan fingerprint density at radius 2 is 1.66 bits per heavy atom. The monoisotopic (exact) mass is 732 g/mol. The molecule has 5 aromatic rings. The van der Waals surface area contributed by atoms with Crippen LogP contribution in [0, 0.1) is 0 Å². The number of nitrogens with one attached hydrogen (secondary N) is 1. The van der Waals surface area contributed by atoms with Crippen LogP contribution in [0.1, 0.15) is 53.1 Å². The fourth-order valence-corrected chi connectivity index (χ4v) is 7.43. The van der Waals surface area contributed by atoms with E-state index in [1.54, 1.807) is 18.0 Å². The number of benzene rings is 4. The number of carbonyl (C=O) groups is 3. The second-order valence-corrected chi connectivity index (χ2v) is 14.0. The van der Waals surface area contributed by atoms with Crippen molar-refractivity contribution >= 4 is 29.7 Å². The van der Waals surface area contributed by atoms with E-state index in [9.17, 15) is 19.5 Å². The van der Waals surface area contributed by atoms with Gasteiger partial charge in [-0.2, -0.15) is 0 Å². The van der Waals surface area contributed by atoms with Gasteiger partial charge in [0.1, 0.15) is 12.6 Å². The van der Waals surface area contributed by atoms with Crippen molar-refractivity contribution in [1.29, 1.82) is 0 Å². The molecule has 12 heteroatoms. The summed E-state index contributed by atoms with van der Waals surface area (Å²) in [6.07, 6.45) is 2.53. The number of imidazole rings is 1. The van der Waals surface area contributed by atoms with Crippen LogP contribution in [0.4, 0.5) is 4.79 Å². The number of thioether (sulfide) groups is 1. The molecule has 0 spiro atoms. The van der Waals surface area contributed by atoms with Gasteiger partial charge in [-0.25, -0.2) is 9.78 Å². The van der Waals surface area contributed by atoms with Crippen LogP contribution < -0.4 is 5.32 Å². The predicted molar refractivity (Wildman–Crippen MR) is 198 cm³/mol. The third-order valence-corrected chi connectivity index (χ3v) is 10.6. The van der Waals surface area contributed by atoms with Crippen LogP contribution in [0.15, 0.2) is 121 Å². The fourth-order valence-electron chi connectivity index (χ4n) is 6.48. The van der Waals surface area contributed by atoms with E-state index in [0.29, 0.717) is 12.2 Å². The second kappa shape index (κ2) is 16.6. The number of amides is 3. The molecule has 0 radical (unpaired) electrons. The van der Waals surface area contributed by atoms with Crippen molar-refractivity contribution in [2.45, 2.75) is 62.3 Å². The summed E-state index contributed by atoms with van der Waals surface area (Å²) in [5.74, 6) is -0.142. The topological polar surface area (TPSA) is 132 Å². The van der Waals surface area contributed by atoms with Crippen molar-refractivity contribution in [2.24, 2.45) is 7.05 Å². The summed E-state index contributed by atoms with van der Waals surface area (Å²) in [7, 11) is 1.97. The van der Waals surface area contributed by atoms with Crippen molar-refractivity contribution in [3.63, 3.8) is 0 Å². The van der Waals surface area contributed by atoms with Crippen LogP contribution in [-0.4, -0.2) is 55.4 Å². The highest BCUT2D eigenvalue weighted by Gasteiger charge is 2.40. The maximum absolute atomic E-state index is 13.3. The number of aliphatic hydroxyl groups is 1. The number of hydrogen-bond donors (Lipinski definition) is 2. The summed E-state index contributed by atoms with van der Waals surface area (Å²) in [5.41, 5.74) is 6.08. The number of aryl methyl sites for hydroxylation is 1. The quantitative estimate of drug-likeness (QED) is 0.109. The van der Waals surface area contributed by atoms with Gasteiger partial charge in [-0.1, -0.05) is 115 Å². The summed E-state index contributed by atoms with van der Waals surface area (Å²) in [6, 6.07) is 31.6. The molecule has 0 aliphatic carbocycles. The largest absolute Gasteiger partial charge is 0.445 e. The van der Waals surface area contributed by atoms with Crippen LogP contribution in [0.3, 0.4) is 0 Å². The van der Waals surface area contributed by atoms with E-state index < -0.39 is 24.3 Å². The number of ether oxygens (including phenoxy) is 3. The fraction of sp³-hybridized carbons (Fsp3) is 0.268. The molecule has 3 heterocycles. The Bertz CT molecular complexity index is 2040. The number of aromatic nitrogens is 2. The zero-order valence-electron chi connectivity index (χ0n) is 29.2. The lowest BCUT2D eigenvalue weighted by Crippen LogP contribution is -2.41. The van der Waals surface area contributed by atoms with Crippen molar-refractivity contribution in [3.8, 4) is 11.1 Å². The van der Waals surface area contributed by atoms with Gasteiger partial charge >= 0.3 is 6.09 Å². The first kappa shape index (κ1) is 36.1. The molecule has 11 nitrogen and oxygen atoms in total. The van der Waals surface area contributed by atoms with Crippen molar-refractivity contribution < 1.29 is 33.7 Å². The summed E-state index contributed by atoms with van der Waals surface area (Å²) in [5, 5.41) is 13.0. The molecule has 2 N–H and O–H groups in total. The first-order chi connectivity index (χ1) is 25.8. The number of hydrogen-bond acceptors (Lipinski definition) is 9. The van der Waals surface area contributed by atoms with Gasteiger partial charge in [0, 0.05) is 37.2 Å². The standard InChI is InChI=1S/C41H40N4O7S/c1-44-20-19-42-40(44)53-26-33-21-36(30-13-11-27(24-46)12-14-30)52-39(51-33)31-17-15-29(16-18-31)34-10-6-5-9-32(34)23-45-37(47)22-35(38(45)48)43-41(49)50-25-28-7-3-2-4-8-28/h2-20,33,35-36,39,46H,21-26H2,1H3,(H,43,49)/t33-,35?,36+,39+/m0/s1. The minimum absolute atomic E-state index is 0.0235. The molecule has 4 aromatic carbocycles. The molecule has 2 aliphatic rings. The van der Waals surface area contributed by atoms with Gasteiger partial charge in [0.25, 0.3) is 5.91 Å². The summed E-state index contributed by atoms with van der Waals surface area (Å²) >= 11 is 1.64. The highest BCUT2D eigenvalue weighted by Crippen LogP contribution is 2.40. The zero-order valence-corrected chi connectivity index (χ0v) is 30.0. The van der Waals surface area contributed by atoms with Crippen LogP contribution in [-0.2, 0) is 50.6 Å². The molecule has 272 valence electrons. The maximum atomic E-state index is 13.3. The van der Waals surface area contributed by atoms with Gasteiger partial charge in [0.2, 0.25) is 5.91 Å². The molecule has 3 amide bonds. The number of imide groups is 1. The second-order valence-electron chi connectivity index (χ2n) is 13.0. The minimum Gasteiger partial charge on any atom is -0.445 e. The lowest BCUT2D eigenvalue weighted by Gasteiger charge is -2.36. The third kappa shape index (κ3) is 8.69. The average molecular weight is 733 g/mol. The molecule has 2 aliphatic heterocycles. The van der Waals surface area contributed by atoms with Gasteiger partial charge < -0.3 is 29.2 Å². The lowest BCUT2D eigenvalue weighted by atomic mass is 9.97. The van der Waals surface area contributed by atoms with Crippen LogP contribution >= 0.6 is 11.8 Å². The Balaban J connectivity index is 1.03. The number of nitrogens with zero attached hydrogens (tertiary/aromatic N) is 3. The Kier molecular flexibility index (Phi) is 11.3. The number of carbonyl (C=O) groups excluding carboxylic acids is 3. The lowest BCUT2D eigenvalue weighted by molar-refractivity contribution is -0.245.